The van der Waals surface area contributed by atoms with E-state index in [4.69, 9.17) is 39.8 Å². The highest BCUT2D eigenvalue weighted by Gasteiger charge is 2.42. The highest BCUT2D eigenvalue weighted by Crippen LogP contribution is 2.43. The number of hydrogen-bond donors (Lipinski definition) is 2. The van der Waals surface area contributed by atoms with E-state index in [0.29, 0.717) is 26.7 Å². The Balaban J connectivity index is 1.59. The minimum atomic E-state index is -0.293. The van der Waals surface area contributed by atoms with Crippen molar-refractivity contribution in [3.63, 3.8) is 0 Å². The van der Waals surface area contributed by atoms with E-state index in [1.54, 1.807) is 30.5 Å². The van der Waals surface area contributed by atoms with Crippen LogP contribution < -0.4 is 10.2 Å². The zero-order valence-electron chi connectivity index (χ0n) is 16.6. The average molecular weight is 482 g/mol. The molecule has 0 aliphatic carbocycles. The topological polar surface area (TPSA) is 61.5 Å². The van der Waals surface area contributed by atoms with Crippen LogP contribution in [0, 0.1) is 0 Å². The standard InChI is InChI=1S/C24H17Cl2N3O2S/c25-17-9-4-14(13-18(17)26)20-10-11-21(31-20)23-22(19-3-1-2-12-27-19)28-24(32)29(23)15-5-7-16(30)8-6-15/h1-13,22-23,30H,(H,28,32)/t22-,23-/m0/s1. The molecule has 2 atom stereocenters. The van der Waals surface area contributed by atoms with Crippen LogP contribution in [0.1, 0.15) is 23.5 Å². The van der Waals surface area contributed by atoms with Crippen LogP contribution in [-0.2, 0) is 0 Å². The second-order valence-corrected chi connectivity index (χ2v) is 8.55. The summed E-state index contributed by atoms with van der Waals surface area (Å²) >= 11 is 18.0. The van der Waals surface area contributed by atoms with E-state index in [9.17, 15) is 5.11 Å². The number of hydrogen-bond acceptors (Lipinski definition) is 4. The molecule has 0 bridgehead atoms. The number of nitrogens with one attached hydrogen (secondary N) is 1. The molecular weight excluding hydrogens is 465 g/mol. The van der Waals surface area contributed by atoms with Gasteiger partial charge < -0.3 is 19.7 Å². The fourth-order valence-electron chi connectivity index (χ4n) is 3.85. The van der Waals surface area contributed by atoms with E-state index in [2.05, 4.69) is 10.3 Å². The molecule has 32 heavy (non-hydrogen) atoms. The molecule has 8 heteroatoms. The van der Waals surface area contributed by atoms with Gasteiger partial charge in [-0.2, -0.15) is 0 Å². The van der Waals surface area contributed by atoms with Crippen molar-refractivity contribution in [2.75, 3.05) is 4.90 Å². The number of phenolic OH excluding ortho intramolecular Hbond substituents is 1. The molecule has 2 aromatic carbocycles. The third kappa shape index (κ3) is 3.81. The first-order valence-electron chi connectivity index (χ1n) is 9.86. The number of thiocarbonyl (C=S) groups is 1. The number of pyridine rings is 1. The molecule has 3 heterocycles. The van der Waals surface area contributed by atoms with Gasteiger partial charge in [-0.1, -0.05) is 29.3 Å². The second-order valence-electron chi connectivity index (χ2n) is 7.34. The summed E-state index contributed by atoms with van der Waals surface area (Å²) in [6.45, 7) is 0. The average Bonchev–Trinajstić information content (AvgIpc) is 3.41. The zero-order chi connectivity index (χ0) is 22.2. The van der Waals surface area contributed by atoms with Crippen LogP contribution in [0.15, 0.2) is 83.4 Å². The highest BCUT2D eigenvalue weighted by atomic mass is 35.5. The summed E-state index contributed by atoms with van der Waals surface area (Å²) in [5, 5.41) is 14.6. The molecule has 4 aromatic rings. The van der Waals surface area contributed by atoms with E-state index < -0.39 is 0 Å². The number of nitrogens with zero attached hydrogens (tertiary/aromatic N) is 2. The lowest BCUT2D eigenvalue weighted by Crippen LogP contribution is -2.29. The lowest BCUT2D eigenvalue weighted by Gasteiger charge is -2.26. The minimum Gasteiger partial charge on any atom is -0.508 e. The molecule has 5 nitrogen and oxygen atoms in total. The maximum absolute atomic E-state index is 9.73. The number of halogens is 2. The number of rotatable bonds is 4. The summed E-state index contributed by atoms with van der Waals surface area (Å²) in [6.07, 6.45) is 1.75. The fraction of sp³-hybridized carbons (Fsp3) is 0.0833. The molecule has 0 amide bonds. The van der Waals surface area contributed by atoms with Crippen LogP contribution in [0.2, 0.25) is 10.0 Å². The first-order valence-corrected chi connectivity index (χ1v) is 11.0. The van der Waals surface area contributed by atoms with Gasteiger partial charge in [-0.05, 0) is 78.9 Å². The Hall–Kier alpha value is -3.06. The van der Waals surface area contributed by atoms with Gasteiger partial charge in [0.05, 0.1) is 21.8 Å². The van der Waals surface area contributed by atoms with Crippen molar-refractivity contribution < 1.29 is 9.52 Å². The van der Waals surface area contributed by atoms with Crippen molar-refractivity contribution in [1.82, 2.24) is 10.3 Å². The molecule has 1 aliphatic rings. The van der Waals surface area contributed by atoms with Crippen molar-refractivity contribution in [3.05, 3.63) is 100 Å². The van der Waals surface area contributed by atoms with Crippen LogP contribution in [0.3, 0.4) is 0 Å². The lowest BCUT2D eigenvalue weighted by atomic mass is 10.0. The van der Waals surface area contributed by atoms with Crippen molar-refractivity contribution in [3.8, 4) is 17.1 Å². The quantitative estimate of drug-likeness (QED) is 0.323. The van der Waals surface area contributed by atoms with E-state index >= 15 is 0 Å². The number of phenols is 1. The van der Waals surface area contributed by atoms with Crippen LogP contribution in [0.4, 0.5) is 5.69 Å². The molecule has 1 aliphatic heterocycles. The number of anilines is 1. The number of aromatic nitrogens is 1. The van der Waals surface area contributed by atoms with Crippen LogP contribution in [0.5, 0.6) is 5.75 Å². The van der Waals surface area contributed by atoms with Gasteiger partial charge in [-0.25, -0.2) is 0 Å². The van der Waals surface area contributed by atoms with Crippen molar-refractivity contribution in [2.45, 2.75) is 12.1 Å². The Bertz CT molecular complexity index is 1280. The molecule has 0 saturated carbocycles. The lowest BCUT2D eigenvalue weighted by molar-refractivity contribution is 0.439. The summed E-state index contributed by atoms with van der Waals surface area (Å²) in [7, 11) is 0. The third-order valence-corrected chi connectivity index (χ3v) is 6.40. The summed E-state index contributed by atoms with van der Waals surface area (Å²) in [5.41, 5.74) is 2.49. The van der Waals surface area contributed by atoms with Crippen LogP contribution in [0.25, 0.3) is 11.3 Å². The first kappa shape index (κ1) is 20.8. The number of aromatic hydroxyl groups is 1. The van der Waals surface area contributed by atoms with Crippen LogP contribution in [-0.4, -0.2) is 15.2 Å². The van der Waals surface area contributed by atoms with E-state index in [0.717, 1.165) is 16.9 Å². The van der Waals surface area contributed by atoms with Gasteiger partial charge in [0.1, 0.15) is 23.3 Å². The van der Waals surface area contributed by atoms with E-state index in [-0.39, 0.29) is 17.8 Å². The monoisotopic (exact) mass is 481 g/mol. The predicted molar refractivity (Wildman–Crippen MR) is 130 cm³/mol. The SMILES string of the molecule is Oc1ccc(N2C(=S)N[C@@H](c3ccccn3)[C@@H]2c2ccc(-c3ccc(Cl)c(Cl)c3)o2)cc1. The van der Waals surface area contributed by atoms with Gasteiger partial charge in [0.25, 0.3) is 0 Å². The molecule has 0 unspecified atom stereocenters. The van der Waals surface area contributed by atoms with Gasteiger partial charge in [-0.3, -0.25) is 4.98 Å². The molecule has 5 rings (SSSR count). The second kappa shape index (κ2) is 8.47. The molecule has 1 fully saturated rings. The molecule has 0 radical (unpaired) electrons. The Morgan fingerprint density at radius 2 is 1.78 bits per heavy atom. The zero-order valence-corrected chi connectivity index (χ0v) is 18.9. The maximum Gasteiger partial charge on any atom is 0.174 e. The Kier molecular flexibility index (Phi) is 5.51. The predicted octanol–water partition coefficient (Wildman–Crippen LogP) is 6.53. The van der Waals surface area contributed by atoms with Gasteiger partial charge >= 0.3 is 0 Å². The molecule has 2 N–H and O–H groups in total. The Morgan fingerprint density at radius 3 is 2.50 bits per heavy atom. The van der Waals surface area contributed by atoms with Gasteiger partial charge in [-0.15, -0.1) is 0 Å². The van der Waals surface area contributed by atoms with Gasteiger partial charge in [0, 0.05) is 17.4 Å². The molecule has 2 aromatic heterocycles. The van der Waals surface area contributed by atoms with Crippen molar-refractivity contribution in [1.29, 1.82) is 0 Å². The summed E-state index contributed by atoms with van der Waals surface area (Å²) < 4.78 is 6.30. The highest BCUT2D eigenvalue weighted by molar-refractivity contribution is 7.80. The minimum absolute atomic E-state index is 0.185. The van der Waals surface area contributed by atoms with Gasteiger partial charge in [0.15, 0.2) is 5.11 Å². The number of benzene rings is 2. The smallest absolute Gasteiger partial charge is 0.174 e. The normalized spacial score (nSPS) is 18.1. The molecule has 160 valence electrons. The van der Waals surface area contributed by atoms with Crippen molar-refractivity contribution >= 4 is 46.2 Å². The van der Waals surface area contributed by atoms with Crippen LogP contribution >= 0.6 is 35.4 Å². The van der Waals surface area contributed by atoms with E-state index in [1.165, 1.54) is 0 Å². The molecular formula is C24H17Cl2N3O2S. The molecule has 1 saturated heterocycles. The maximum atomic E-state index is 9.73. The first-order chi connectivity index (χ1) is 15.5. The number of furan rings is 1. The van der Waals surface area contributed by atoms with E-state index in [1.807, 2.05) is 53.4 Å². The summed E-state index contributed by atoms with van der Waals surface area (Å²) in [5.74, 6) is 1.56. The van der Waals surface area contributed by atoms with Crippen molar-refractivity contribution in [2.24, 2.45) is 0 Å². The largest absolute Gasteiger partial charge is 0.508 e. The molecule has 0 spiro atoms. The summed E-state index contributed by atoms with van der Waals surface area (Å²) in [4.78, 5) is 6.51. The summed E-state index contributed by atoms with van der Waals surface area (Å²) in [6, 6.07) is 21.4. The third-order valence-electron chi connectivity index (χ3n) is 5.35. The Labute approximate surface area is 200 Å². The van der Waals surface area contributed by atoms with Gasteiger partial charge in [0.2, 0.25) is 0 Å². The Morgan fingerprint density at radius 1 is 0.969 bits per heavy atom. The fourth-order valence-corrected chi connectivity index (χ4v) is 4.50.